The minimum Gasteiger partial charge on any atom is -0.495 e. The molecule has 1 aliphatic rings. The number of nitrogens with zero attached hydrogens (tertiary/aromatic N) is 2. The summed E-state index contributed by atoms with van der Waals surface area (Å²) in [5.41, 5.74) is 4.49. The molecule has 0 saturated carbocycles. The lowest BCUT2D eigenvalue weighted by Gasteiger charge is -2.16. The third kappa shape index (κ3) is 2.97. The van der Waals surface area contributed by atoms with Crippen molar-refractivity contribution in [3.05, 3.63) is 54.2 Å². The van der Waals surface area contributed by atoms with Gasteiger partial charge in [0, 0.05) is 30.1 Å². The van der Waals surface area contributed by atoms with Crippen LogP contribution < -0.4 is 4.74 Å². The molecule has 0 amide bonds. The monoisotopic (exact) mass is 421 g/mol. The number of H-pyrrole nitrogens is 1. The summed E-state index contributed by atoms with van der Waals surface area (Å²) < 4.78 is 33.3. The first-order valence-electron chi connectivity index (χ1n) is 10.0. The average Bonchev–Trinajstić information content (AvgIpc) is 3.42. The van der Waals surface area contributed by atoms with E-state index in [1.54, 1.807) is 23.5 Å². The first-order chi connectivity index (χ1) is 14.5. The van der Waals surface area contributed by atoms with E-state index in [9.17, 15) is 8.42 Å². The largest absolute Gasteiger partial charge is 0.495 e. The van der Waals surface area contributed by atoms with Gasteiger partial charge in [-0.2, -0.15) is 4.31 Å². The van der Waals surface area contributed by atoms with Crippen LogP contribution >= 0.6 is 0 Å². The number of rotatable bonds is 4. The van der Waals surface area contributed by atoms with Crippen molar-refractivity contribution in [1.82, 2.24) is 14.3 Å². The third-order valence-electron chi connectivity index (χ3n) is 5.77. The van der Waals surface area contributed by atoms with Gasteiger partial charge in [0.15, 0.2) is 0 Å². The molecule has 30 heavy (non-hydrogen) atoms. The molecular weight excluding hydrogens is 398 g/mol. The molecule has 1 fully saturated rings. The topological polar surface area (TPSA) is 75.3 Å². The Hall–Kier alpha value is -2.90. The molecule has 0 spiro atoms. The summed E-state index contributed by atoms with van der Waals surface area (Å²) in [5, 5.41) is 1.97. The maximum Gasteiger partial charge on any atom is 0.243 e. The van der Waals surface area contributed by atoms with Crippen LogP contribution in [0.2, 0.25) is 0 Å². The van der Waals surface area contributed by atoms with Crippen molar-refractivity contribution in [2.45, 2.75) is 24.7 Å². The summed E-state index contributed by atoms with van der Waals surface area (Å²) >= 11 is 0. The van der Waals surface area contributed by atoms with Crippen LogP contribution in [0.25, 0.3) is 33.1 Å². The van der Waals surface area contributed by atoms with Gasteiger partial charge >= 0.3 is 0 Å². The van der Waals surface area contributed by atoms with E-state index >= 15 is 0 Å². The lowest BCUT2D eigenvalue weighted by molar-refractivity contribution is 0.419. The molecule has 154 valence electrons. The molecule has 7 heteroatoms. The number of aryl methyl sites for hydroxylation is 1. The molecule has 2 aromatic heterocycles. The highest BCUT2D eigenvalue weighted by molar-refractivity contribution is 7.89. The van der Waals surface area contributed by atoms with Crippen molar-refractivity contribution in [2.75, 3.05) is 20.2 Å². The summed E-state index contributed by atoms with van der Waals surface area (Å²) in [6.07, 6.45) is 3.66. The van der Waals surface area contributed by atoms with E-state index in [1.807, 2.05) is 37.4 Å². The van der Waals surface area contributed by atoms with Crippen LogP contribution in [0.5, 0.6) is 5.75 Å². The van der Waals surface area contributed by atoms with Crippen molar-refractivity contribution in [3.63, 3.8) is 0 Å². The molecule has 4 aromatic rings. The number of hydrogen-bond acceptors (Lipinski definition) is 4. The van der Waals surface area contributed by atoms with Crippen LogP contribution in [0.1, 0.15) is 18.4 Å². The van der Waals surface area contributed by atoms with Crippen molar-refractivity contribution in [2.24, 2.45) is 0 Å². The van der Waals surface area contributed by atoms with Crippen molar-refractivity contribution >= 4 is 32.0 Å². The Kier molecular flexibility index (Phi) is 4.52. The molecule has 1 N–H and O–H groups in total. The number of benzene rings is 2. The summed E-state index contributed by atoms with van der Waals surface area (Å²) in [4.78, 5) is 8.22. The maximum absolute atomic E-state index is 13.1. The molecule has 3 heterocycles. The summed E-state index contributed by atoms with van der Waals surface area (Å²) in [6, 6.07) is 13.2. The van der Waals surface area contributed by atoms with E-state index in [0.29, 0.717) is 18.0 Å². The molecule has 0 unspecified atom stereocenters. The van der Waals surface area contributed by atoms with Crippen LogP contribution in [0.3, 0.4) is 0 Å². The molecule has 5 rings (SSSR count). The fraction of sp³-hybridized carbons (Fsp3) is 0.261. The maximum atomic E-state index is 13.1. The number of methoxy groups -OCH3 is 1. The SMILES string of the molecule is COc1ccc(-c2cccc(S(=O)(=O)N3CCCC3)c2)c2c1[nH]c1ncc(C)cc12. The number of ether oxygens (including phenoxy) is 1. The van der Waals surface area contributed by atoms with Gasteiger partial charge in [0.25, 0.3) is 0 Å². The van der Waals surface area contributed by atoms with Crippen molar-refractivity contribution < 1.29 is 13.2 Å². The molecule has 1 aliphatic heterocycles. The van der Waals surface area contributed by atoms with Crippen molar-refractivity contribution in [1.29, 1.82) is 0 Å². The Balaban J connectivity index is 1.74. The fourth-order valence-corrected chi connectivity index (χ4v) is 5.84. The predicted molar refractivity (Wildman–Crippen MR) is 118 cm³/mol. The van der Waals surface area contributed by atoms with Gasteiger partial charge in [0.2, 0.25) is 10.0 Å². The fourth-order valence-electron chi connectivity index (χ4n) is 4.28. The lowest BCUT2D eigenvalue weighted by atomic mass is 9.99. The Labute approximate surface area is 175 Å². The number of hydrogen-bond donors (Lipinski definition) is 1. The smallest absolute Gasteiger partial charge is 0.243 e. The second-order valence-corrected chi connectivity index (χ2v) is 9.68. The standard InChI is InChI=1S/C23H23N3O3S/c1-15-12-19-21-18(8-9-20(29-2)22(21)25-23(19)24-14-15)16-6-5-7-17(13-16)30(27,28)26-10-3-4-11-26/h5-9,12-14H,3-4,10-11H2,1-2H3,(H,24,25). The van der Waals surface area contributed by atoms with Crippen LogP contribution in [0.4, 0.5) is 0 Å². The van der Waals surface area contributed by atoms with Crippen molar-refractivity contribution in [3.8, 4) is 16.9 Å². The zero-order valence-electron chi connectivity index (χ0n) is 17.0. The van der Waals surface area contributed by atoms with Crippen LogP contribution in [-0.4, -0.2) is 42.9 Å². The highest BCUT2D eigenvalue weighted by Crippen LogP contribution is 2.39. The first-order valence-corrected chi connectivity index (χ1v) is 11.5. The Morgan fingerprint density at radius 1 is 1.10 bits per heavy atom. The molecule has 0 bridgehead atoms. The van der Waals surface area contributed by atoms with E-state index in [0.717, 1.165) is 57.2 Å². The lowest BCUT2D eigenvalue weighted by Crippen LogP contribution is -2.27. The molecule has 0 aliphatic carbocycles. The van der Waals surface area contributed by atoms with Gasteiger partial charge in [-0.25, -0.2) is 13.4 Å². The second-order valence-electron chi connectivity index (χ2n) is 7.74. The van der Waals surface area contributed by atoms with Gasteiger partial charge in [-0.3, -0.25) is 0 Å². The van der Waals surface area contributed by atoms with Gasteiger partial charge in [0.05, 0.1) is 17.5 Å². The van der Waals surface area contributed by atoms with E-state index in [1.165, 1.54) is 0 Å². The van der Waals surface area contributed by atoms with E-state index in [-0.39, 0.29) is 0 Å². The Morgan fingerprint density at radius 2 is 1.90 bits per heavy atom. The van der Waals surface area contributed by atoms with E-state index < -0.39 is 10.0 Å². The zero-order valence-corrected chi connectivity index (χ0v) is 17.8. The van der Waals surface area contributed by atoms with Gasteiger partial charge in [-0.15, -0.1) is 0 Å². The van der Waals surface area contributed by atoms with Crippen LogP contribution in [-0.2, 0) is 10.0 Å². The predicted octanol–water partition coefficient (Wildman–Crippen LogP) is 4.48. The van der Waals surface area contributed by atoms with Gasteiger partial charge in [-0.1, -0.05) is 12.1 Å². The molecular formula is C23H23N3O3S. The van der Waals surface area contributed by atoms with Crippen LogP contribution in [0, 0.1) is 6.92 Å². The molecule has 2 aromatic carbocycles. The quantitative estimate of drug-likeness (QED) is 0.527. The van der Waals surface area contributed by atoms with E-state index in [2.05, 4.69) is 16.0 Å². The number of fused-ring (bicyclic) bond motifs is 3. The minimum atomic E-state index is -3.48. The molecule has 0 atom stereocenters. The van der Waals surface area contributed by atoms with Crippen LogP contribution in [0.15, 0.2) is 53.6 Å². The summed E-state index contributed by atoms with van der Waals surface area (Å²) in [5.74, 6) is 0.727. The first kappa shape index (κ1) is 19.1. The summed E-state index contributed by atoms with van der Waals surface area (Å²) in [6.45, 7) is 3.19. The normalized spacial score (nSPS) is 15.3. The molecule has 6 nitrogen and oxygen atoms in total. The number of nitrogens with one attached hydrogen (secondary N) is 1. The van der Waals surface area contributed by atoms with Gasteiger partial charge < -0.3 is 9.72 Å². The van der Waals surface area contributed by atoms with Gasteiger partial charge in [0.1, 0.15) is 11.4 Å². The number of aromatic nitrogens is 2. The average molecular weight is 422 g/mol. The highest BCUT2D eigenvalue weighted by atomic mass is 32.2. The zero-order chi connectivity index (χ0) is 20.9. The second kappa shape index (κ2) is 7.11. The Bertz CT molecular complexity index is 1370. The molecule has 1 saturated heterocycles. The number of aromatic amines is 1. The Morgan fingerprint density at radius 3 is 2.67 bits per heavy atom. The minimum absolute atomic E-state index is 0.333. The van der Waals surface area contributed by atoms with E-state index in [4.69, 9.17) is 4.74 Å². The highest BCUT2D eigenvalue weighted by Gasteiger charge is 2.27. The third-order valence-corrected chi connectivity index (χ3v) is 7.67. The number of pyridine rings is 1. The van der Waals surface area contributed by atoms with Gasteiger partial charge in [-0.05, 0) is 66.8 Å². The number of sulfonamides is 1. The molecule has 0 radical (unpaired) electrons. The summed E-state index contributed by atoms with van der Waals surface area (Å²) in [7, 11) is -1.84.